The van der Waals surface area contributed by atoms with Crippen molar-refractivity contribution in [2.45, 2.75) is 76.2 Å². The molecule has 1 aliphatic heterocycles. The van der Waals surface area contributed by atoms with Crippen molar-refractivity contribution >= 4 is 5.70 Å². The number of hydrogen-bond acceptors (Lipinski definition) is 3. The van der Waals surface area contributed by atoms with Gasteiger partial charge in [-0.3, -0.25) is 4.57 Å². The fraction of sp³-hybridized carbons (Fsp3) is 0.789. The molecule has 0 saturated heterocycles. The largest absolute Gasteiger partial charge is 0.366 e. The lowest BCUT2D eigenvalue weighted by atomic mass is 9.95. The minimum Gasteiger partial charge on any atom is -0.366 e. The maximum atomic E-state index is 4.77. The predicted octanol–water partition coefficient (Wildman–Crippen LogP) is 3.69. The Morgan fingerprint density at radius 2 is 1.74 bits per heavy atom. The molecule has 3 saturated carbocycles. The lowest BCUT2D eigenvalue weighted by molar-refractivity contribution is 0.281. The Balaban J connectivity index is 1.45. The number of nitrogens with zero attached hydrogens (tertiary/aromatic N) is 4. The molecule has 0 N–H and O–H groups in total. The van der Waals surface area contributed by atoms with Crippen LogP contribution in [0.3, 0.4) is 0 Å². The van der Waals surface area contributed by atoms with Crippen LogP contribution in [0.25, 0.3) is 5.70 Å². The fourth-order valence-corrected chi connectivity index (χ4v) is 5.12. The van der Waals surface area contributed by atoms with E-state index in [9.17, 15) is 0 Å². The van der Waals surface area contributed by atoms with Crippen molar-refractivity contribution in [1.82, 2.24) is 19.7 Å². The quantitative estimate of drug-likeness (QED) is 0.850. The van der Waals surface area contributed by atoms with Gasteiger partial charge >= 0.3 is 0 Å². The summed E-state index contributed by atoms with van der Waals surface area (Å²) in [4.78, 5) is 2.66. The maximum absolute atomic E-state index is 4.77. The second kappa shape index (κ2) is 4.40. The van der Waals surface area contributed by atoms with E-state index in [0.29, 0.717) is 5.41 Å². The number of aromatic nitrogens is 3. The summed E-state index contributed by atoms with van der Waals surface area (Å²) in [6.07, 6.45) is 13.6. The molecule has 0 radical (unpaired) electrons. The zero-order chi connectivity index (χ0) is 15.0. The Labute approximate surface area is 138 Å². The van der Waals surface area contributed by atoms with Gasteiger partial charge in [-0.05, 0) is 76.0 Å². The Morgan fingerprint density at radius 3 is 2.43 bits per heavy atom. The van der Waals surface area contributed by atoms with E-state index in [-0.39, 0.29) is 0 Å². The van der Waals surface area contributed by atoms with Crippen molar-refractivity contribution in [3.8, 4) is 0 Å². The summed E-state index contributed by atoms with van der Waals surface area (Å²) in [6, 6.07) is 0. The third-order valence-electron chi connectivity index (χ3n) is 6.89. The standard InChI is InChI=1S/C19H26N4/c1-2-4-16-15(3-1)22(11-13-5-6-13)12-17-20-21-18(23(16)17)19(9-10-19)14-7-8-14/h13-14H,1-12H2. The first-order chi connectivity index (χ1) is 11.4. The Hall–Kier alpha value is -1.32. The molecule has 23 heavy (non-hydrogen) atoms. The van der Waals surface area contributed by atoms with Crippen LogP contribution in [-0.4, -0.2) is 26.2 Å². The molecular weight excluding hydrogens is 284 g/mol. The summed E-state index contributed by atoms with van der Waals surface area (Å²) in [5.74, 6) is 4.43. The molecule has 0 bridgehead atoms. The molecule has 5 aliphatic rings. The molecule has 6 rings (SSSR count). The Morgan fingerprint density at radius 1 is 0.957 bits per heavy atom. The Kier molecular flexibility index (Phi) is 2.49. The summed E-state index contributed by atoms with van der Waals surface area (Å²) >= 11 is 0. The first-order valence-corrected chi connectivity index (χ1v) is 9.77. The van der Waals surface area contributed by atoms with E-state index in [1.165, 1.54) is 82.4 Å². The molecule has 4 heteroatoms. The van der Waals surface area contributed by atoms with Crippen LogP contribution in [-0.2, 0) is 12.0 Å². The molecule has 0 aromatic carbocycles. The molecule has 3 fully saturated rings. The van der Waals surface area contributed by atoms with Crippen LogP contribution >= 0.6 is 0 Å². The van der Waals surface area contributed by atoms with Crippen molar-refractivity contribution in [3.63, 3.8) is 0 Å². The normalized spacial score (nSPS) is 28.6. The number of allylic oxidation sites excluding steroid dienone is 2. The van der Waals surface area contributed by atoms with E-state index >= 15 is 0 Å². The van der Waals surface area contributed by atoms with Crippen LogP contribution in [0.15, 0.2) is 5.70 Å². The fourth-order valence-electron chi connectivity index (χ4n) is 5.12. The van der Waals surface area contributed by atoms with Crippen LogP contribution in [0.5, 0.6) is 0 Å². The first-order valence-electron chi connectivity index (χ1n) is 9.77. The van der Waals surface area contributed by atoms with Crippen molar-refractivity contribution in [3.05, 3.63) is 17.3 Å². The smallest absolute Gasteiger partial charge is 0.157 e. The lowest BCUT2D eigenvalue weighted by Gasteiger charge is -2.37. The van der Waals surface area contributed by atoms with Gasteiger partial charge in [0.2, 0.25) is 0 Å². The van der Waals surface area contributed by atoms with Gasteiger partial charge in [-0.1, -0.05) is 0 Å². The van der Waals surface area contributed by atoms with Gasteiger partial charge in [0.25, 0.3) is 0 Å². The monoisotopic (exact) mass is 310 g/mol. The second-order valence-electron chi connectivity index (χ2n) is 8.63. The second-order valence-corrected chi connectivity index (χ2v) is 8.63. The highest BCUT2D eigenvalue weighted by atomic mass is 15.4. The molecule has 0 atom stereocenters. The van der Waals surface area contributed by atoms with Gasteiger partial charge in [-0.2, -0.15) is 0 Å². The van der Waals surface area contributed by atoms with Crippen molar-refractivity contribution in [1.29, 1.82) is 0 Å². The third kappa shape index (κ3) is 1.90. The highest BCUT2D eigenvalue weighted by Gasteiger charge is 2.58. The van der Waals surface area contributed by atoms with Gasteiger partial charge in [-0.25, -0.2) is 0 Å². The average molecular weight is 310 g/mol. The van der Waals surface area contributed by atoms with Gasteiger partial charge in [0.1, 0.15) is 5.82 Å². The van der Waals surface area contributed by atoms with Crippen molar-refractivity contribution in [2.24, 2.45) is 11.8 Å². The van der Waals surface area contributed by atoms with Gasteiger partial charge in [0.05, 0.1) is 6.54 Å². The van der Waals surface area contributed by atoms with E-state index in [0.717, 1.165) is 18.4 Å². The lowest BCUT2D eigenvalue weighted by Crippen LogP contribution is -2.34. The zero-order valence-electron chi connectivity index (χ0n) is 13.9. The van der Waals surface area contributed by atoms with Gasteiger partial charge < -0.3 is 4.90 Å². The molecule has 1 aromatic rings. The average Bonchev–Trinajstić information content (AvgIpc) is 3.42. The van der Waals surface area contributed by atoms with Crippen LogP contribution in [0.4, 0.5) is 0 Å². The van der Waals surface area contributed by atoms with Crippen LogP contribution in [0, 0.1) is 11.8 Å². The molecular formula is C19H26N4. The van der Waals surface area contributed by atoms with Crippen LogP contribution in [0.2, 0.25) is 0 Å². The van der Waals surface area contributed by atoms with E-state index in [1.807, 2.05) is 0 Å². The molecule has 0 spiro atoms. The maximum Gasteiger partial charge on any atom is 0.157 e. The minimum atomic E-state index is 0.416. The first kappa shape index (κ1) is 13.0. The summed E-state index contributed by atoms with van der Waals surface area (Å²) in [5.41, 5.74) is 3.63. The topological polar surface area (TPSA) is 34.0 Å². The zero-order valence-corrected chi connectivity index (χ0v) is 13.9. The Bertz CT molecular complexity index is 688. The molecule has 4 aliphatic carbocycles. The van der Waals surface area contributed by atoms with Gasteiger partial charge in [0.15, 0.2) is 5.82 Å². The highest BCUT2D eigenvalue weighted by molar-refractivity contribution is 5.56. The number of hydrogen-bond donors (Lipinski definition) is 0. The summed E-state index contributed by atoms with van der Waals surface area (Å²) in [6.45, 7) is 2.26. The highest BCUT2D eigenvalue weighted by Crippen LogP contribution is 2.62. The number of rotatable bonds is 4. The van der Waals surface area contributed by atoms with E-state index < -0.39 is 0 Å². The molecule has 4 nitrogen and oxygen atoms in total. The van der Waals surface area contributed by atoms with Crippen LogP contribution in [0.1, 0.15) is 75.9 Å². The van der Waals surface area contributed by atoms with E-state index in [2.05, 4.69) is 14.6 Å². The molecule has 122 valence electrons. The predicted molar refractivity (Wildman–Crippen MR) is 88.5 cm³/mol. The molecule has 1 aromatic heterocycles. The third-order valence-corrected chi connectivity index (χ3v) is 6.89. The summed E-state index contributed by atoms with van der Waals surface area (Å²) in [5, 5.41) is 9.44. The number of fused-ring (bicyclic) bond motifs is 2. The van der Waals surface area contributed by atoms with Gasteiger partial charge in [0, 0.05) is 23.4 Å². The van der Waals surface area contributed by atoms with Crippen LogP contribution < -0.4 is 0 Å². The molecule has 0 unspecified atom stereocenters. The molecule has 2 heterocycles. The minimum absolute atomic E-state index is 0.416. The van der Waals surface area contributed by atoms with Crippen molar-refractivity contribution in [2.75, 3.05) is 6.54 Å². The van der Waals surface area contributed by atoms with E-state index in [1.54, 1.807) is 11.4 Å². The summed E-state index contributed by atoms with van der Waals surface area (Å²) < 4.78 is 2.54. The SMILES string of the molecule is C1CCC2=C(C1)N(CC1CC1)Cc1nnc(C3(C4CC4)CC3)n12. The van der Waals surface area contributed by atoms with Gasteiger partial charge in [-0.15, -0.1) is 10.2 Å². The summed E-state index contributed by atoms with van der Waals surface area (Å²) in [7, 11) is 0. The van der Waals surface area contributed by atoms with E-state index in [4.69, 9.17) is 5.10 Å². The molecule has 0 amide bonds. The van der Waals surface area contributed by atoms with Crippen molar-refractivity contribution < 1.29 is 0 Å².